The normalized spacial score (nSPS) is 10.6. The van der Waals surface area contributed by atoms with E-state index < -0.39 is 17.5 Å². The van der Waals surface area contributed by atoms with E-state index in [-0.39, 0.29) is 11.5 Å². The molecule has 1 N–H and O–H groups in total. The lowest BCUT2D eigenvalue weighted by Gasteiger charge is -2.02. The minimum absolute atomic E-state index is 0.0655. The minimum atomic E-state index is -0.995. The molecule has 0 radical (unpaired) electrons. The average Bonchev–Trinajstić information content (AvgIpc) is 3.08. The topological polar surface area (TPSA) is 68.0 Å². The molecule has 122 valence electrons. The van der Waals surface area contributed by atoms with Crippen LogP contribution in [0.1, 0.15) is 16.2 Å². The number of nitrogens with one attached hydrogen (secondary N) is 1. The Balaban J connectivity index is 1.62. The number of benzene rings is 1. The quantitative estimate of drug-likeness (QED) is 0.781. The third-order valence-electron chi connectivity index (χ3n) is 3.34. The predicted molar refractivity (Wildman–Crippen MR) is 82.1 cm³/mol. The summed E-state index contributed by atoms with van der Waals surface area (Å²) in [4.78, 5) is 16.2. The van der Waals surface area contributed by atoms with Crippen LogP contribution in [0.2, 0.25) is 0 Å². The second-order valence-electron chi connectivity index (χ2n) is 5.03. The van der Waals surface area contributed by atoms with E-state index in [1.807, 2.05) is 18.2 Å². The first kappa shape index (κ1) is 15.8. The standard InChI is InChI=1S/C17H13F2N3O2/c18-13-5-4-11(9-14(13)19)16-10-15(22-24-16)17(23)21-8-6-12-3-1-2-7-20-12/h1-5,7,9-10H,6,8H2,(H,21,23). The van der Waals surface area contributed by atoms with E-state index in [1.165, 1.54) is 12.1 Å². The van der Waals surface area contributed by atoms with Crippen LogP contribution in [0.4, 0.5) is 8.78 Å². The van der Waals surface area contributed by atoms with Gasteiger partial charge in [-0.1, -0.05) is 11.2 Å². The smallest absolute Gasteiger partial charge is 0.273 e. The van der Waals surface area contributed by atoms with Crippen LogP contribution in [0, 0.1) is 11.6 Å². The molecular formula is C17H13F2N3O2. The van der Waals surface area contributed by atoms with Crippen molar-refractivity contribution in [2.45, 2.75) is 6.42 Å². The molecule has 1 aromatic carbocycles. The lowest BCUT2D eigenvalue weighted by molar-refractivity contribution is 0.0945. The fraction of sp³-hybridized carbons (Fsp3) is 0.118. The molecule has 0 aliphatic rings. The van der Waals surface area contributed by atoms with Gasteiger partial charge in [-0.05, 0) is 30.3 Å². The maximum Gasteiger partial charge on any atom is 0.273 e. The van der Waals surface area contributed by atoms with Crippen molar-refractivity contribution in [1.82, 2.24) is 15.5 Å². The van der Waals surface area contributed by atoms with Crippen molar-refractivity contribution < 1.29 is 18.1 Å². The van der Waals surface area contributed by atoms with E-state index >= 15 is 0 Å². The van der Waals surface area contributed by atoms with Gasteiger partial charge in [-0.15, -0.1) is 0 Å². The number of amides is 1. The van der Waals surface area contributed by atoms with Crippen LogP contribution in [-0.2, 0) is 6.42 Å². The maximum absolute atomic E-state index is 13.2. The number of rotatable bonds is 5. The summed E-state index contributed by atoms with van der Waals surface area (Å²) in [6.45, 7) is 0.392. The Hall–Kier alpha value is -3.09. The van der Waals surface area contributed by atoms with Gasteiger partial charge in [0.1, 0.15) is 0 Å². The zero-order valence-electron chi connectivity index (χ0n) is 12.5. The molecule has 1 amide bonds. The van der Waals surface area contributed by atoms with Gasteiger partial charge in [0.05, 0.1) is 0 Å². The van der Waals surface area contributed by atoms with Crippen molar-refractivity contribution >= 4 is 5.91 Å². The highest BCUT2D eigenvalue weighted by Crippen LogP contribution is 2.22. The Morgan fingerprint density at radius 2 is 2.00 bits per heavy atom. The van der Waals surface area contributed by atoms with Gasteiger partial charge in [0.25, 0.3) is 5.91 Å². The molecule has 0 aliphatic heterocycles. The van der Waals surface area contributed by atoms with Crippen molar-refractivity contribution in [3.63, 3.8) is 0 Å². The van der Waals surface area contributed by atoms with Crippen molar-refractivity contribution in [2.24, 2.45) is 0 Å². The van der Waals surface area contributed by atoms with Crippen LogP contribution in [0.25, 0.3) is 11.3 Å². The van der Waals surface area contributed by atoms with Crippen LogP contribution < -0.4 is 5.32 Å². The first-order valence-corrected chi connectivity index (χ1v) is 7.24. The first-order valence-electron chi connectivity index (χ1n) is 7.24. The van der Waals surface area contributed by atoms with Gasteiger partial charge in [0, 0.05) is 36.5 Å². The number of carbonyl (C=O) groups is 1. The van der Waals surface area contributed by atoms with E-state index in [1.54, 1.807) is 6.20 Å². The lowest BCUT2D eigenvalue weighted by atomic mass is 10.1. The van der Waals surface area contributed by atoms with Crippen molar-refractivity contribution in [3.05, 3.63) is 71.7 Å². The molecule has 0 saturated heterocycles. The molecule has 3 rings (SSSR count). The van der Waals surface area contributed by atoms with E-state index in [4.69, 9.17) is 4.52 Å². The number of aromatic nitrogens is 2. The van der Waals surface area contributed by atoms with E-state index in [2.05, 4.69) is 15.5 Å². The fourth-order valence-electron chi connectivity index (χ4n) is 2.11. The van der Waals surface area contributed by atoms with Gasteiger partial charge in [-0.3, -0.25) is 9.78 Å². The summed E-state index contributed by atoms with van der Waals surface area (Å²) in [6, 6.07) is 10.2. The summed E-state index contributed by atoms with van der Waals surface area (Å²) < 4.78 is 31.2. The molecule has 3 aromatic rings. The number of hydrogen-bond donors (Lipinski definition) is 1. The number of nitrogens with zero attached hydrogens (tertiary/aromatic N) is 2. The van der Waals surface area contributed by atoms with Crippen molar-refractivity contribution in [2.75, 3.05) is 6.54 Å². The zero-order chi connectivity index (χ0) is 16.9. The number of carbonyl (C=O) groups excluding carboxylic acids is 1. The Morgan fingerprint density at radius 3 is 2.75 bits per heavy atom. The zero-order valence-corrected chi connectivity index (χ0v) is 12.5. The highest BCUT2D eigenvalue weighted by Gasteiger charge is 2.14. The number of hydrogen-bond acceptors (Lipinski definition) is 4. The van der Waals surface area contributed by atoms with Crippen LogP contribution in [0.3, 0.4) is 0 Å². The second kappa shape index (κ2) is 6.99. The molecule has 5 nitrogen and oxygen atoms in total. The molecule has 0 spiro atoms. The van der Waals surface area contributed by atoms with E-state index in [0.717, 1.165) is 17.8 Å². The van der Waals surface area contributed by atoms with Gasteiger partial charge in [0.2, 0.25) is 0 Å². The highest BCUT2D eigenvalue weighted by molar-refractivity contribution is 5.93. The predicted octanol–water partition coefficient (Wildman–Crippen LogP) is 2.99. The van der Waals surface area contributed by atoms with E-state index in [9.17, 15) is 13.6 Å². The minimum Gasteiger partial charge on any atom is -0.355 e. The number of pyridine rings is 1. The second-order valence-corrected chi connectivity index (χ2v) is 5.03. The molecule has 0 bridgehead atoms. The van der Waals surface area contributed by atoms with Gasteiger partial charge < -0.3 is 9.84 Å². The molecule has 0 saturated carbocycles. The average molecular weight is 329 g/mol. The third-order valence-corrected chi connectivity index (χ3v) is 3.34. The van der Waals surface area contributed by atoms with Crippen molar-refractivity contribution in [3.8, 4) is 11.3 Å². The lowest BCUT2D eigenvalue weighted by Crippen LogP contribution is -2.26. The van der Waals surface area contributed by atoms with Gasteiger partial charge >= 0.3 is 0 Å². The number of halogens is 2. The highest BCUT2D eigenvalue weighted by atomic mass is 19.2. The summed E-state index contributed by atoms with van der Waals surface area (Å²) in [5.41, 5.74) is 1.23. The Labute approximate surface area is 136 Å². The van der Waals surface area contributed by atoms with Crippen LogP contribution in [0.15, 0.2) is 53.2 Å². The van der Waals surface area contributed by atoms with Crippen molar-refractivity contribution in [1.29, 1.82) is 0 Å². The third kappa shape index (κ3) is 3.62. The Morgan fingerprint density at radius 1 is 1.12 bits per heavy atom. The molecule has 0 aliphatic carbocycles. The molecule has 0 atom stereocenters. The molecule has 2 aromatic heterocycles. The maximum atomic E-state index is 13.2. The summed E-state index contributed by atoms with van der Waals surface area (Å²) in [5, 5.41) is 6.35. The fourth-order valence-corrected chi connectivity index (χ4v) is 2.11. The van der Waals surface area contributed by atoms with Gasteiger partial charge in [0.15, 0.2) is 23.1 Å². The molecule has 0 unspecified atom stereocenters. The summed E-state index contributed by atoms with van der Waals surface area (Å²) in [7, 11) is 0. The largest absolute Gasteiger partial charge is 0.355 e. The van der Waals surface area contributed by atoms with Crippen LogP contribution in [0.5, 0.6) is 0 Å². The summed E-state index contributed by atoms with van der Waals surface area (Å²) in [6.07, 6.45) is 2.27. The monoisotopic (exact) mass is 329 g/mol. The Kier molecular flexibility index (Phi) is 4.60. The van der Waals surface area contributed by atoms with Crippen LogP contribution in [-0.4, -0.2) is 22.6 Å². The first-order chi connectivity index (χ1) is 11.6. The molecule has 2 heterocycles. The molecule has 7 heteroatoms. The van der Waals surface area contributed by atoms with Gasteiger partial charge in [-0.25, -0.2) is 8.78 Å². The van der Waals surface area contributed by atoms with Gasteiger partial charge in [-0.2, -0.15) is 0 Å². The van der Waals surface area contributed by atoms with E-state index in [0.29, 0.717) is 18.5 Å². The molecule has 24 heavy (non-hydrogen) atoms. The Bertz CT molecular complexity index is 850. The SMILES string of the molecule is O=C(NCCc1ccccn1)c1cc(-c2ccc(F)c(F)c2)on1. The summed E-state index contributed by atoms with van der Waals surface area (Å²) >= 11 is 0. The molecular weight excluding hydrogens is 316 g/mol. The van der Waals surface area contributed by atoms with Crippen LogP contribution >= 0.6 is 0 Å². The molecule has 0 fully saturated rings. The summed E-state index contributed by atoms with van der Waals surface area (Å²) in [5.74, 6) is -2.18.